The molecule has 0 aliphatic carbocycles. The summed E-state index contributed by atoms with van der Waals surface area (Å²) in [5.74, 6) is 0.611. The first kappa shape index (κ1) is 12.9. The standard InChI is InChI=1S/C12H19.V/c1-7-10(4)12(6)11(5)8-9(2)3;/h9H,1-6H3;/q-1;/b12-11-;. The maximum absolute atomic E-state index is 3.18. The van der Waals surface area contributed by atoms with Crippen molar-refractivity contribution in [2.75, 3.05) is 0 Å². The molecule has 73 valence electrons. The third-order valence-electron chi connectivity index (χ3n) is 2.43. The monoisotopic (exact) mass is 214 g/mol. The normalized spacial score (nSPS) is 14.5. The van der Waals surface area contributed by atoms with Crippen LogP contribution >= 0.6 is 0 Å². The van der Waals surface area contributed by atoms with Gasteiger partial charge in [0.25, 0.3) is 0 Å². The molecule has 0 fully saturated rings. The van der Waals surface area contributed by atoms with Crippen molar-refractivity contribution >= 4 is 4.23 Å². The molecular formula is C12H19V-. The summed E-state index contributed by atoms with van der Waals surface area (Å²) in [6, 6.07) is 0. The molecule has 0 aliphatic heterocycles. The van der Waals surface area contributed by atoms with Crippen molar-refractivity contribution in [3.05, 3.63) is 22.8 Å². The second kappa shape index (κ2) is 5.62. The summed E-state index contributed by atoms with van der Waals surface area (Å²) in [4.78, 5) is 0. The van der Waals surface area contributed by atoms with Crippen LogP contribution in [0.2, 0.25) is 0 Å². The summed E-state index contributed by atoms with van der Waals surface area (Å²) in [5.41, 5.74) is 4.00. The summed E-state index contributed by atoms with van der Waals surface area (Å²) in [6.45, 7) is 12.9. The Bertz CT molecular complexity index is 254. The van der Waals surface area contributed by atoms with Gasteiger partial charge in [0.2, 0.25) is 0 Å². The van der Waals surface area contributed by atoms with Crippen molar-refractivity contribution in [2.45, 2.75) is 41.5 Å². The van der Waals surface area contributed by atoms with Crippen LogP contribution in [-0.4, -0.2) is 4.23 Å². The third-order valence-corrected chi connectivity index (χ3v) is 3.76. The maximum atomic E-state index is 3.18. The average Bonchev–Trinajstić information content (AvgIpc) is 2.12. The quantitative estimate of drug-likeness (QED) is 0.498. The van der Waals surface area contributed by atoms with Gasteiger partial charge in [0.1, 0.15) is 0 Å². The summed E-state index contributed by atoms with van der Waals surface area (Å²) >= 11 is 2.68. The molecule has 0 aromatic heterocycles. The average molecular weight is 214 g/mol. The Morgan fingerprint density at radius 1 is 1.08 bits per heavy atom. The van der Waals surface area contributed by atoms with Crippen LogP contribution in [0.1, 0.15) is 41.5 Å². The molecule has 0 N–H and O–H groups in total. The van der Waals surface area contributed by atoms with E-state index in [1.165, 1.54) is 20.9 Å². The van der Waals surface area contributed by atoms with Gasteiger partial charge in [0, 0.05) is 0 Å². The molecule has 0 unspecified atom stereocenters. The van der Waals surface area contributed by atoms with Gasteiger partial charge in [-0.1, -0.05) is 0 Å². The van der Waals surface area contributed by atoms with E-state index < -0.39 is 0 Å². The Labute approximate surface area is 91.6 Å². The van der Waals surface area contributed by atoms with Gasteiger partial charge >= 0.3 is 91.5 Å². The number of allylic oxidation sites excluding steroid dienone is 4. The van der Waals surface area contributed by atoms with Gasteiger partial charge in [-0.2, -0.15) is 0 Å². The van der Waals surface area contributed by atoms with Crippen molar-refractivity contribution in [1.29, 1.82) is 0 Å². The Morgan fingerprint density at radius 3 is 1.85 bits per heavy atom. The summed E-state index contributed by atoms with van der Waals surface area (Å²) in [7, 11) is 0. The molecule has 0 rings (SSSR count). The second-order valence-corrected chi connectivity index (χ2v) is 4.42. The minimum absolute atomic E-state index is 0.611. The molecule has 0 aromatic rings. The molecule has 0 heterocycles. The van der Waals surface area contributed by atoms with Gasteiger partial charge in [-0.05, 0) is 0 Å². The fourth-order valence-corrected chi connectivity index (χ4v) is 1.36. The molecule has 0 saturated carbocycles. The van der Waals surface area contributed by atoms with Gasteiger partial charge in [-0.15, -0.1) is 0 Å². The van der Waals surface area contributed by atoms with Gasteiger partial charge in [0.05, 0.1) is 0 Å². The fourth-order valence-electron chi connectivity index (χ4n) is 1.09. The predicted octanol–water partition coefficient (Wildman–Crippen LogP) is 3.47. The van der Waals surface area contributed by atoms with E-state index in [4.69, 9.17) is 0 Å². The Morgan fingerprint density at radius 2 is 1.54 bits per heavy atom. The van der Waals surface area contributed by atoms with Crippen LogP contribution < -0.4 is 0 Å². The van der Waals surface area contributed by atoms with Crippen molar-refractivity contribution < 1.29 is 17.0 Å². The van der Waals surface area contributed by atoms with E-state index in [0.717, 1.165) is 0 Å². The van der Waals surface area contributed by atoms with Crippen LogP contribution in [0.5, 0.6) is 0 Å². The molecular weight excluding hydrogens is 195 g/mol. The number of hydrogen-bond donors (Lipinski definition) is 0. The molecule has 0 aliphatic rings. The van der Waals surface area contributed by atoms with E-state index in [0.29, 0.717) is 5.92 Å². The van der Waals surface area contributed by atoms with Crippen LogP contribution in [0.4, 0.5) is 0 Å². The van der Waals surface area contributed by atoms with Crippen molar-refractivity contribution in [2.24, 2.45) is 5.92 Å². The van der Waals surface area contributed by atoms with E-state index in [2.05, 4.69) is 57.7 Å². The SMILES string of the molecule is C[C-]=C(C)/C(C)=C(/C)[C](=[V])C(C)C. The molecule has 1 heteroatoms. The first-order chi connectivity index (χ1) is 5.91. The molecule has 0 radical (unpaired) electrons. The molecule has 0 nitrogen and oxygen atoms in total. The van der Waals surface area contributed by atoms with E-state index in [9.17, 15) is 0 Å². The number of rotatable bonds is 3. The second-order valence-electron chi connectivity index (χ2n) is 3.66. The fraction of sp³-hybridized carbons (Fsp3) is 0.583. The Kier molecular flexibility index (Phi) is 5.59. The topological polar surface area (TPSA) is 0 Å². The summed E-state index contributed by atoms with van der Waals surface area (Å²) in [6.07, 6.45) is 3.18. The van der Waals surface area contributed by atoms with Crippen molar-refractivity contribution in [3.63, 3.8) is 0 Å². The van der Waals surface area contributed by atoms with E-state index in [1.54, 1.807) is 0 Å². The zero-order valence-electron chi connectivity index (χ0n) is 9.52. The first-order valence-corrected chi connectivity index (χ1v) is 5.37. The molecule has 0 aromatic carbocycles. The van der Waals surface area contributed by atoms with Crippen LogP contribution in [-0.2, 0) is 17.0 Å². The molecule has 0 amide bonds. The first-order valence-electron chi connectivity index (χ1n) is 4.67. The van der Waals surface area contributed by atoms with E-state index >= 15 is 0 Å². The molecule has 0 bridgehead atoms. The van der Waals surface area contributed by atoms with Gasteiger partial charge in [0.15, 0.2) is 0 Å². The van der Waals surface area contributed by atoms with Crippen LogP contribution in [0.15, 0.2) is 16.7 Å². The predicted molar refractivity (Wildman–Crippen MR) is 56.3 cm³/mol. The molecule has 0 atom stereocenters. The van der Waals surface area contributed by atoms with Crippen LogP contribution in [0.25, 0.3) is 0 Å². The summed E-state index contributed by atoms with van der Waals surface area (Å²) < 4.78 is 1.42. The molecule has 13 heavy (non-hydrogen) atoms. The Hall–Kier alpha value is -0.0656. The van der Waals surface area contributed by atoms with Gasteiger partial charge in [-0.25, -0.2) is 0 Å². The van der Waals surface area contributed by atoms with E-state index in [-0.39, 0.29) is 0 Å². The van der Waals surface area contributed by atoms with Crippen LogP contribution in [0.3, 0.4) is 0 Å². The van der Waals surface area contributed by atoms with E-state index in [1.807, 2.05) is 6.92 Å². The van der Waals surface area contributed by atoms with Crippen molar-refractivity contribution in [3.8, 4) is 0 Å². The molecule has 0 saturated heterocycles. The molecule has 0 spiro atoms. The van der Waals surface area contributed by atoms with Gasteiger partial charge < -0.3 is 0 Å². The summed E-state index contributed by atoms with van der Waals surface area (Å²) in [5, 5.41) is 0. The third kappa shape index (κ3) is 3.66. The number of hydrogen-bond acceptors (Lipinski definition) is 0. The van der Waals surface area contributed by atoms with Gasteiger partial charge in [-0.3, -0.25) is 0 Å². The minimum atomic E-state index is 0.611. The zero-order valence-corrected chi connectivity index (χ0v) is 10.9. The Balaban J connectivity index is 4.93. The zero-order chi connectivity index (χ0) is 10.6. The van der Waals surface area contributed by atoms with Crippen LogP contribution in [0, 0.1) is 12.0 Å². The van der Waals surface area contributed by atoms with Crippen molar-refractivity contribution in [1.82, 2.24) is 0 Å².